The minimum absolute atomic E-state index is 0.128. The highest BCUT2D eigenvalue weighted by Gasteiger charge is 2.22. The summed E-state index contributed by atoms with van der Waals surface area (Å²) in [6, 6.07) is 9.19. The zero-order chi connectivity index (χ0) is 23.6. The second kappa shape index (κ2) is 17.3. The summed E-state index contributed by atoms with van der Waals surface area (Å²) in [7, 11) is 0. The van der Waals surface area contributed by atoms with E-state index in [1.54, 1.807) is 0 Å². The number of ether oxygens (including phenoxy) is 4. The zero-order valence-electron chi connectivity index (χ0n) is 20.3. The van der Waals surface area contributed by atoms with Gasteiger partial charge in [0.05, 0.1) is 13.2 Å². The summed E-state index contributed by atoms with van der Waals surface area (Å²) in [5.74, 6) is 0.654. The fourth-order valence-electron chi connectivity index (χ4n) is 3.37. The molecular formula is C26H42O6. The van der Waals surface area contributed by atoms with Crippen molar-refractivity contribution in [2.45, 2.75) is 85.2 Å². The van der Waals surface area contributed by atoms with Crippen molar-refractivity contribution in [2.24, 2.45) is 11.8 Å². The monoisotopic (exact) mass is 450 g/mol. The lowest BCUT2D eigenvalue weighted by atomic mass is 10.0. The summed E-state index contributed by atoms with van der Waals surface area (Å²) in [5.41, 5.74) is 0.727. The summed E-state index contributed by atoms with van der Waals surface area (Å²) in [4.78, 5) is 24.4. The Balaban J connectivity index is 2.56. The molecule has 0 fully saturated rings. The third kappa shape index (κ3) is 12.0. The van der Waals surface area contributed by atoms with Crippen LogP contribution in [0.2, 0.25) is 0 Å². The maximum absolute atomic E-state index is 12.3. The first kappa shape index (κ1) is 27.8. The van der Waals surface area contributed by atoms with Crippen LogP contribution in [0.3, 0.4) is 0 Å². The Kier molecular flexibility index (Phi) is 15.1. The van der Waals surface area contributed by atoms with E-state index in [-0.39, 0.29) is 6.61 Å². The molecule has 6 heteroatoms. The number of carbonyl (C=O) groups excluding carboxylic acids is 2. The standard InChI is InChI=1S/C26H42O6/c1-5-9-14-21(7-3)18-29-25(27)31-20-24(23-16-12-11-13-17-23)32-26(28)30-19-22(8-4)15-10-6-2/h11-13,16-17,21-22,24H,5-10,14-15,18-20H2,1-4H3. The maximum atomic E-state index is 12.3. The van der Waals surface area contributed by atoms with Gasteiger partial charge in [0.15, 0.2) is 6.10 Å². The third-order valence-corrected chi connectivity index (χ3v) is 5.72. The molecule has 1 aromatic rings. The molecule has 0 aromatic heterocycles. The van der Waals surface area contributed by atoms with E-state index in [0.29, 0.717) is 25.0 Å². The molecule has 3 unspecified atom stereocenters. The van der Waals surface area contributed by atoms with Crippen LogP contribution in [-0.2, 0) is 18.9 Å². The Bertz CT molecular complexity index is 618. The summed E-state index contributed by atoms with van der Waals surface area (Å²) in [6.45, 7) is 9.00. The molecule has 0 saturated heterocycles. The predicted molar refractivity (Wildman–Crippen MR) is 126 cm³/mol. The van der Waals surface area contributed by atoms with Crippen molar-refractivity contribution in [1.29, 1.82) is 0 Å². The van der Waals surface area contributed by atoms with Crippen molar-refractivity contribution in [3.63, 3.8) is 0 Å². The summed E-state index contributed by atoms with van der Waals surface area (Å²) in [5, 5.41) is 0. The lowest BCUT2D eigenvalue weighted by molar-refractivity contribution is -0.0242. The van der Waals surface area contributed by atoms with Crippen LogP contribution < -0.4 is 0 Å². The molecule has 6 nitrogen and oxygen atoms in total. The van der Waals surface area contributed by atoms with E-state index < -0.39 is 18.4 Å². The molecule has 0 amide bonds. The number of carbonyl (C=O) groups is 2. The molecule has 3 atom stereocenters. The van der Waals surface area contributed by atoms with E-state index in [2.05, 4.69) is 27.7 Å². The van der Waals surface area contributed by atoms with Gasteiger partial charge in [-0.3, -0.25) is 0 Å². The van der Waals surface area contributed by atoms with Crippen molar-refractivity contribution in [1.82, 2.24) is 0 Å². The first-order chi connectivity index (χ1) is 15.5. The van der Waals surface area contributed by atoms with Gasteiger partial charge in [0.2, 0.25) is 0 Å². The van der Waals surface area contributed by atoms with Crippen LogP contribution in [0.4, 0.5) is 9.59 Å². The molecule has 0 heterocycles. The first-order valence-electron chi connectivity index (χ1n) is 12.2. The van der Waals surface area contributed by atoms with Gasteiger partial charge in [-0.05, 0) is 30.2 Å². The van der Waals surface area contributed by atoms with Gasteiger partial charge in [-0.1, -0.05) is 96.6 Å². The van der Waals surface area contributed by atoms with Crippen LogP contribution in [0.5, 0.6) is 0 Å². The average Bonchev–Trinajstić information content (AvgIpc) is 2.82. The van der Waals surface area contributed by atoms with Crippen molar-refractivity contribution >= 4 is 12.3 Å². The molecular weight excluding hydrogens is 408 g/mol. The molecule has 0 bridgehead atoms. The van der Waals surface area contributed by atoms with Gasteiger partial charge in [0.25, 0.3) is 0 Å². The molecule has 0 aliphatic carbocycles. The number of benzene rings is 1. The van der Waals surface area contributed by atoms with E-state index in [4.69, 9.17) is 18.9 Å². The molecule has 0 spiro atoms. The Morgan fingerprint density at radius 3 is 1.72 bits per heavy atom. The summed E-state index contributed by atoms with van der Waals surface area (Å²) >= 11 is 0. The maximum Gasteiger partial charge on any atom is 0.509 e. The van der Waals surface area contributed by atoms with Gasteiger partial charge >= 0.3 is 12.3 Å². The molecule has 182 valence electrons. The minimum Gasteiger partial charge on any atom is -0.434 e. The number of hydrogen-bond donors (Lipinski definition) is 0. The van der Waals surface area contributed by atoms with Crippen molar-refractivity contribution < 1.29 is 28.5 Å². The number of hydrogen-bond acceptors (Lipinski definition) is 6. The normalized spacial score (nSPS) is 13.6. The predicted octanol–water partition coefficient (Wildman–Crippen LogP) is 7.47. The lowest BCUT2D eigenvalue weighted by Crippen LogP contribution is -2.22. The molecule has 0 radical (unpaired) electrons. The quantitative estimate of drug-likeness (QED) is 0.243. The highest BCUT2D eigenvalue weighted by molar-refractivity contribution is 5.61. The number of unbranched alkanes of at least 4 members (excludes halogenated alkanes) is 2. The molecule has 1 aromatic carbocycles. The Morgan fingerprint density at radius 1 is 0.719 bits per heavy atom. The molecule has 0 aliphatic rings. The van der Waals surface area contributed by atoms with Crippen LogP contribution in [0.25, 0.3) is 0 Å². The second-order valence-corrected chi connectivity index (χ2v) is 8.28. The van der Waals surface area contributed by atoms with Gasteiger partial charge in [-0.2, -0.15) is 0 Å². The van der Waals surface area contributed by atoms with Gasteiger partial charge in [-0.25, -0.2) is 9.59 Å². The smallest absolute Gasteiger partial charge is 0.434 e. The highest BCUT2D eigenvalue weighted by Crippen LogP contribution is 2.20. The van der Waals surface area contributed by atoms with Crippen LogP contribution in [0.1, 0.15) is 90.7 Å². The van der Waals surface area contributed by atoms with Gasteiger partial charge in [0.1, 0.15) is 6.61 Å². The summed E-state index contributed by atoms with van der Waals surface area (Å²) in [6.07, 6.45) is 6.14. The van der Waals surface area contributed by atoms with Crippen molar-refractivity contribution in [3.8, 4) is 0 Å². The number of rotatable bonds is 16. The highest BCUT2D eigenvalue weighted by atomic mass is 16.8. The Morgan fingerprint density at radius 2 is 1.22 bits per heavy atom. The van der Waals surface area contributed by atoms with E-state index in [9.17, 15) is 9.59 Å². The topological polar surface area (TPSA) is 71.1 Å². The third-order valence-electron chi connectivity index (χ3n) is 5.72. The fourth-order valence-corrected chi connectivity index (χ4v) is 3.37. The van der Waals surface area contributed by atoms with Crippen molar-refractivity contribution in [2.75, 3.05) is 19.8 Å². The molecule has 0 N–H and O–H groups in total. The summed E-state index contributed by atoms with van der Waals surface area (Å²) < 4.78 is 21.4. The van der Waals surface area contributed by atoms with Crippen molar-refractivity contribution in [3.05, 3.63) is 35.9 Å². The van der Waals surface area contributed by atoms with E-state index in [1.165, 1.54) is 0 Å². The Hall–Kier alpha value is -2.24. The fraction of sp³-hybridized carbons (Fsp3) is 0.692. The minimum atomic E-state index is -0.756. The molecule has 1 rings (SSSR count). The Labute approximate surface area is 194 Å². The largest absolute Gasteiger partial charge is 0.509 e. The van der Waals surface area contributed by atoms with E-state index in [0.717, 1.165) is 56.9 Å². The van der Waals surface area contributed by atoms with Crippen LogP contribution in [0, 0.1) is 11.8 Å². The molecule has 32 heavy (non-hydrogen) atoms. The molecule has 0 aliphatic heterocycles. The van der Waals surface area contributed by atoms with E-state index in [1.807, 2.05) is 30.3 Å². The van der Waals surface area contributed by atoms with Crippen LogP contribution >= 0.6 is 0 Å². The second-order valence-electron chi connectivity index (χ2n) is 8.28. The van der Waals surface area contributed by atoms with Crippen LogP contribution in [-0.4, -0.2) is 32.1 Å². The first-order valence-corrected chi connectivity index (χ1v) is 12.2. The van der Waals surface area contributed by atoms with Gasteiger partial charge < -0.3 is 18.9 Å². The van der Waals surface area contributed by atoms with Gasteiger partial charge in [-0.15, -0.1) is 0 Å². The van der Waals surface area contributed by atoms with Gasteiger partial charge in [0, 0.05) is 0 Å². The molecule has 0 saturated carbocycles. The zero-order valence-corrected chi connectivity index (χ0v) is 20.3. The SMILES string of the molecule is CCCCC(CC)COC(=O)OCC(OC(=O)OCC(CC)CCCC)c1ccccc1. The lowest BCUT2D eigenvalue weighted by Gasteiger charge is -2.20. The average molecular weight is 451 g/mol. The van der Waals surface area contributed by atoms with Crippen LogP contribution in [0.15, 0.2) is 30.3 Å². The van der Waals surface area contributed by atoms with E-state index >= 15 is 0 Å².